The molecule has 132 valence electrons. The summed E-state index contributed by atoms with van der Waals surface area (Å²) < 4.78 is 9.78. The predicted molar refractivity (Wildman–Crippen MR) is 89.8 cm³/mol. The molecule has 1 atom stereocenters. The minimum atomic E-state index is -0.908. The van der Waals surface area contributed by atoms with E-state index in [1.807, 2.05) is 0 Å². The Hall–Kier alpha value is -2.08. The number of nitrogens with one attached hydrogen (secondary N) is 1. The summed E-state index contributed by atoms with van der Waals surface area (Å²) in [6, 6.07) is 5.82. The molecule has 1 rings (SSSR count). The number of halogens is 1. The van der Waals surface area contributed by atoms with Crippen LogP contribution in [0.25, 0.3) is 0 Å². The lowest BCUT2D eigenvalue weighted by Crippen LogP contribution is -2.42. The summed E-state index contributed by atoms with van der Waals surface area (Å²) in [5.41, 5.74) is 1.28. The zero-order valence-corrected chi connectivity index (χ0v) is 14.6. The van der Waals surface area contributed by atoms with E-state index in [1.54, 1.807) is 38.1 Å². The molecule has 1 unspecified atom stereocenters. The Labute approximate surface area is 146 Å². The van der Waals surface area contributed by atoms with Crippen LogP contribution in [0, 0.1) is 0 Å². The van der Waals surface area contributed by atoms with Crippen molar-refractivity contribution in [2.24, 2.45) is 0 Å². The Bertz CT molecular complexity index is 559. The quantitative estimate of drug-likeness (QED) is 0.543. The number of carbonyl (C=O) groups excluding carboxylic acids is 3. The molecule has 0 spiro atoms. The summed E-state index contributed by atoms with van der Waals surface area (Å²) in [7, 11) is 0. The molecule has 0 radical (unpaired) electrons. The van der Waals surface area contributed by atoms with Gasteiger partial charge in [-0.15, -0.1) is 11.6 Å². The van der Waals surface area contributed by atoms with Gasteiger partial charge in [0.05, 0.1) is 13.2 Å². The van der Waals surface area contributed by atoms with E-state index in [-0.39, 0.29) is 26.1 Å². The van der Waals surface area contributed by atoms with Gasteiger partial charge in [-0.2, -0.15) is 0 Å². The highest BCUT2D eigenvalue weighted by Crippen LogP contribution is 2.09. The Morgan fingerprint density at radius 3 is 2.25 bits per heavy atom. The van der Waals surface area contributed by atoms with Gasteiger partial charge in [0, 0.05) is 17.9 Å². The zero-order chi connectivity index (χ0) is 17.9. The van der Waals surface area contributed by atoms with Gasteiger partial charge in [0.1, 0.15) is 6.04 Å². The molecule has 0 aliphatic rings. The number of carbonyl (C=O) groups is 3. The van der Waals surface area contributed by atoms with Crippen molar-refractivity contribution in [2.45, 2.75) is 38.6 Å². The first kappa shape index (κ1) is 20.0. The number of benzene rings is 1. The van der Waals surface area contributed by atoms with Crippen molar-refractivity contribution in [1.29, 1.82) is 0 Å². The Kier molecular flexibility index (Phi) is 8.86. The van der Waals surface area contributed by atoms with Gasteiger partial charge < -0.3 is 14.8 Å². The van der Waals surface area contributed by atoms with Gasteiger partial charge in [0.15, 0.2) is 0 Å². The van der Waals surface area contributed by atoms with Crippen molar-refractivity contribution in [3.05, 3.63) is 35.4 Å². The number of rotatable bonds is 9. The van der Waals surface area contributed by atoms with Gasteiger partial charge in [-0.1, -0.05) is 12.1 Å². The first-order valence-corrected chi connectivity index (χ1v) is 8.33. The lowest BCUT2D eigenvalue weighted by Gasteiger charge is -2.17. The van der Waals surface area contributed by atoms with E-state index >= 15 is 0 Å². The molecule has 6 nitrogen and oxygen atoms in total. The number of alkyl halides is 1. The van der Waals surface area contributed by atoms with Gasteiger partial charge in [0.2, 0.25) is 0 Å². The van der Waals surface area contributed by atoms with Crippen molar-refractivity contribution in [2.75, 3.05) is 13.2 Å². The third-order valence-corrected chi connectivity index (χ3v) is 3.50. The maximum Gasteiger partial charge on any atom is 0.328 e. The van der Waals surface area contributed by atoms with E-state index in [4.69, 9.17) is 21.1 Å². The van der Waals surface area contributed by atoms with Crippen LogP contribution in [0.15, 0.2) is 24.3 Å². The van der Waals surface area contributed by atoms with E-state index < -0.39 is 23.9 Å². The molecule has 7 heteroatoms. The largest absolute Gasteiger partial charge is 0.466 e. The van der Waals surface area contributed by atoms with Crippen LogP contribution in [0.5, 0.6) is 0 Å². The van der Waals surface area contributed by atoms with E-state index in [2.05, 4.69) is 5.32 Å². The molecule has 0 heterocycles. The fraction of sp³-hybridized carbons (Fsp3) is 0.471. The van der Waals surface area contributed by atoms with Crippen LogP contribution in [-0.4, -0.2) is 37.1 Å². The highest BCUT2D eigenvalue weighted by molar-refractivity contribution is 6.17. The van der Waals surface area contributed by atoms with Gasteiger partial charge in [-0.05, 0) is 38.0 Å². The van der Waals surface area contributed by atoms with Gasteiger partial charge in [-0.3, -0.25) is 9.59 Å². The minimum absolute atomic E-state index is 0.0167. The van der Waals surface area contributed by atoms with E-state index in [9.17, 15) is 14.4 Å². The van der Waals surface area contributed by atoms with Crippen LogP contribution in [0.4, 0.5) is 0 Å². The predicted octanol–water partition coefficient (Wildman–Crippen LogP) is 2.43. The van der Waals surface area contributed by atoms with Crippen molar-refractivity contribution in [1.82, 2.24) is 5.32 Å². The SMILES string of the molecule is CCOC(=O)CCC(NC(=O)c1ccc(CCl)cc1)C(=O)OCC. The molecule has 1 N–H and O–H groups in total. The number of ether oxygens (including phenoxy) is 2. The smallest absolute Gasteiger partial charge is 0.328 e. The fourth-order valence-electron chi connectivity index (χ4n) is 1.97. The first-order valence-electron chi connectivity index (χ1n) is 7.79. The summed E-state index contributed by atoms with van der Waals surface area (Å²) in [4.78, 5) is 35.7. The number of amides is 1. The van der Waals surface area contributed by atoms with Gasteiger partial charge in [0.25, 0.3) is 5.91 Å². The second kappa shape index (κ2) is 10.6. The molecule has 1 aromatic rings. The maximum absolute atomic E-state index is 12.3. The van der Waals surface area contributed by atoms with Crippen molar-refractivity contribution >= 4 is 29.4 Å². The van der Waals surface area contributed by atoms with Crippen LogP contribution in [-0.2, 0) is 24.9 Å². The van der Waals surface area contributed by atoms with Crippen LogP contribution in [0.2, 0.25) is 0 Å². The van der Waals surface area contributed by atoms with Crippen LogP contribution < -0.4 is 5.32 Å². The monoisotopic (exact) mass is 355 g/mol. The number of esters is 2. The molecule has 0 aliphatic heterocycles. The average molecular weight is 356 g/mol. The zero-order valence-electron chi connectivity index (χ0n) is 13.8. The molecule has 0 bridgehead atoms. The second-order valence-corrected chi connectivity index (χ2v) is 5.22. The number of hydrogen-bond acceptors (Lipinski definition) is 5. The van der Waals surface area contributed by atoms with Gasteiger partial charge in [-0.25, -0.2) is 4.79 Å². The van der Waals surface area contributed by atoms with E-state index in [0.717, 1.165) is 5.56 Å². The highest BCUT2D eigenvalue weighted by atomic mass is 35.5. The summed E-state index contributed by atoms with van der Waals surface area (Å²) >= 11 is 5.71. The summed E-state index contributed by atoms with van der Waals surface area (Å²) in [6.07, 6.45) is 0.131. The molecular formula is C17H22ClNO5. The third-order valence-electron chi connectivity index (χ3n) is 3.19. The van der Waals surface area contributed by atoms with E-state index in [0.29, 0.717) is 11.4 Å². The maximum atomic E-state index is 12.3. The summed E-state index contributed by atoms with van der Waals surface area (Å²) in [6.45, 7) is 3.83. The molecule has 24 heavy (non-hydrogen) atoms. The highest BCUT2D eigenvalue weighted by Gasteiger charge is 2.23. The molecule has 1 aromatic carbocycles. The summed E-state index contributed by atoms with van der Waals surface area (Å²) in [5.74, 6) is -1.06. The molecular weight excluding hydrogens is 334 g/mol. The van der Waals surface area contributed by atoms with Crippen LogP contribution in [0.3, 0.4) is 0 Å². The first-order chi connectivity index (χ1) is 11.5. The number of hydrogen-bond donors (Lipinski definition) is 1. The van der Waals surface area contributed by atoms with Crippen molar-refractivity contribution < 1.29 is 23.9 Å². The fourth-order valence-corrected chi connectivity index (χ4v) is 2.15. The minimum Gasteiger partial charge on any atom is -0.466 e. The third kappa shape index (κ3) is 6.58. The molecule has 0 saturated carbocycles. The van der Waals surface area contributed by atoms with E-state index in [1.165, 1.54) is 0 Å². The molecule has 0 fully saturated rings. The Morgan fingerprint density at radius 1 is 1.08 bits per heavy atom. The molecule has 0 aliphatic carbocycles. The lowest BCUT2D eigenvalue weighted by atomic mass is 10.1. The average Bonchev–Trinajstić information content (AvgIpc) is 2.58. The van der Waals surface area contributed by atoms with Crippen LogP contribution in [0.1, 0.15) is 42.6 Å². The summed E-state index contributed by atoms with van der Waals surface area (Å²) in [5, 5.41) is 2.60. The van der Waals surface area contributed by atoms with Crippen LogP contribution >= 0.6 is 11.6 Å². The molecule has 0 saturated heterocycles. The lowest BCUT2D eigenvalue weighted by molar-refractivity contribution is -0.146. The Morgan fingerprint density at radius 2 is 1.71 bits per heavy atom. The molecule has 1 amide bonds. The van der Waals surface area contributed by atoms with Crippen molar-refractivity contribution in [3.8, 4) is 0 Å². The topological polar surface area (TPSA) is 81.7 Å². The second-order valence-electron chi connectivity index (χ2n) is 4.95. The van der Waals surface area contributed by atoms with Gasteiger partial charge >= 0.3 is 11.9 Å². The molecule has 0 aromatic heterocycles. The van der Waals surface area contributed by atoms with Crippen molar-refractivity contribution in [3.63, 3.8) is 0 Å². The Balaban J connectivity index is 2.72. The normalized spacial score (nSPS) is 11.5. The standard InChI is InChI=1S/C17H22ClNO5/c1-3-23-15(20)10-9-14(17(22)24-4-2)19-16(21)13-7-5-12(11-18)6-8-13/h5-8,14H,3-4,9-11H2,1-2H3,(H,19,21).